The van der Waals surface area contributed by atoms with E-state index < -0.39 is 12.1 Å². The maximum Gasteiger partial charge on any atom is 0.342 e. The maximum atomic E-state index is 12.3. The molecule has 2 N–H and O–H groups in total. The van der Waals surface area contributed by atoms with Crippen molar-refractivity contribution in [1.29, 1.82) is 0 Å². The van der Waals surface area contributed by atoms with Crippen molar-refractivity contribution < 1.29 is 24.5 Å². The Kier molecular flexibility index (Phi) is 4.04. The van der Waals surface area contributed by atoms with Crippen LogP contribution >= 0.6 is 0 Å². The summed E-state index contributed by atoms with van der Waals surface area (Å²) in [7, 11) is 0. The van der Waals surface area contributed by atoms with Gasteiger partial charge in [0.2, 0.25) is 0 Å². The van der Waals surface area contributed by atoms with Gasteiger partial charge in [-0.05, 0) is 24.6 Å². The number of carbonyl (C=O) groups is 1. The highest BCUT2D eigenvalue weighted by Crippen LogP contribution is 2.37. The van der Waals surface area contributed by atoms with E-state index in [-0.39, 0.29) is 23.7 Å². The Morgan fingerprint density at radius 3 is 2.78 bits per heavy atom. The number of phenols is 1. The van der Waals surface area contributed by atoms with Crippen LogP contribution in [0.2, 0.25) is 0 Å². The minimum Gasteiger partial charge on any atom is -0.504 e. The van der Waals surface area contributed by atoms with E-state index >= 15 is 0 Å². The molecule has 0 radical (unpaired) electrons. The average Bonchev–Trinajstić information content (AvgIpc) is 2.55. The van der Waals surface area contributed by atoms with Crippen LogP contribution in [0.25, 0.3) is 6.08 Å². The summed E-state index contributed by atoms with van der Waals surface area (Å²) in [6, 6.07) is 10.1. The first-order chi connectivity index (χ1) is 11.1. The Hall–Kier alpha value is -2.79. The number of rotatable bonds is 0. The van der Waals surface area contributed by atoms with Gasteiger partial charge in [0.05, 0.1) is 0 Å². The molecule has 0 aliphatic carbocycles. The van der Waals surface area contributed by atoms with Crippen molar-refractivity contribution in [1.82, 2.24) is 0 Å². The summed E-state index contributed by atoms with van der Waals surface area (Å²) in [5.74, 6) is -0.119. The predicted octanol–water partition coefficient (Wildman–Crippen LogP) is 3.04. The molecule has 2 aromatic rings. The van der Waals surface area contributed by atoms with Gasteiger partial charge in [0.1, 0.15) is 24.0 Å². The highest BCUT2D eigenvalue weighted by atomic mass is 16.5. The first-order valence-electron chi connectivity index (χ1n) is 7.19. The Morgan fingerprint density at radius 2 is 1.96 bits per heavy atom. The monoisotopic (exact) mass is 312 g/mol. The van der Waals surface area contributed by atoms with Crippen molar-refractivity contribution in [3.8, 4) is 17.2 Å². The van der Waals surface area contributed by atoms with Crippen molar-refractivity contribution in [2.75, 3.05) is 6.61 Å². The summed E-state index contributed by atoms with van der Waals surface area (Å²) in [4.78, 5) is 12.3. The number of hydrogen-bond acceptors (Lipinski definition) is 5. The average molecular weight is 312 g/mol. The lowest BCUT2D eigenvalue weighted by molar-refractivity contribution is 0.0342. The number of hydrogen-bond donors (Lipinski definition) is 2. The molecule has 0 spiro atoms. The predicted molar refractivity (Wildman–Crippen MR) is 84.7 cm³/mol. The molecular weight excluding hydrogens is 296 g/mol. The number of aryl methyl sites for hydroxylation is 1. The van der Waals surface area contributed by atoms with Crippen LogP contribution in [0.5, 0.6) is 17.2 Å². The quantitative estimate of drug-likeness (QED) is 0.731. The van der Waals surface area contributed by atoms with E-state index in [1.54, 1.807) is 43.3 Å². The number of para-hydroxylation sites is 1. The second-order valence-corrected chi connectivity index (χ2v) is 5.27. The first kappa shape index (κ1) is 15.1. The molecule has 3 rings (SSSR count). The number of ether oxygens (including phenoxy) is 2. The lowest BCUT2D eigenvalue weighted by Crippen LogP contribution is -2.17. The molecule has 0 amide bonds. The van der Waals surface area contributed by atoms with Crippen molar-refractivity contribution >= 4 is 12.0 Å². The number of aliphatic hydroxyl groups is 1. The van der Waals surface area contributed by atoms with Gasteiger partial charge in [0.15, 0.2) is 11.5 Å². The molecule has 0 saturated heterocycles. The fourth-order valence-corrected chi connectivity index (χ4v) is 2.39. The number of aromatic hydroxyl groups is 1. The molecule has 23 heavy (non-hydrogen) atoms. The topological polar surface area (TPSA) is 76.0 Å². The third kappa shape index (κ3) is 3.05. The van der Waals surface area contributed by atoms with E-state index in [0.717, 1.165) is 0 Å². The first-order valence-corrected chi connectivity index (χ1v) is 7.19. The van der Waals surface area contributed by atoms with Gasteiger partial charge >= 0.3 is 5.97 Å². The Labute approximate surface area is 133 Å². The third-order valence-electron chi connectivity index (χ3n) is 3.56. The van der Waals surface area contributed by atoms with Gasteiger partial charge in [-0.15, -0.1) is 0 Å². The minimum atomic E-state index is -0.945. The van der Waals surface area contributed by atoms with Gasteiger partial charge in [-0.3, -0.25) is 0 Å². The van der Waals surface area contributed by atoms with Gasteiger partial charge < -0.3 is 19.7 Å². The number of cyclic esters (lactones) is 1. The third-order valence-corrected chi connectivity index (χ3v) is 3.56. The van der Waals surface area contributed by atoms with Gasteiger partial charge in [-0.2, -0.15) is 0 Å². The normalized spacial score (nSPS) is 18.7. The van der Waals surface area contributed by atoms with E-state index in [1.807, 2.05) is 0 Å². The van der Waals surface area contributed by atoms with Crippen LogP contribution in [0.1, 0.15) is 21.5 Å². The summed E-state index contributed by atoms with van der Waals surface area (Å²) >= 11 is 0. The second kappa shape index (κ2) is 6.14. The second-order valence-electron chi connectivity index (χ2n) is 5.27. The Bertz CT molecular complexity index is 779. The highest BCUT2D eigenvalue weighted by molar-refractivity contribution is 5.94. The molecule has 5 heteroatoms. The van der Waals surface area contributed by atoms with Crippen LogP contribution in [-0.4, -0.2) is 28.9 Å². The lowest BCUT2D eigenvalue weighted by atomic mass is 10.1. The van der Waals surface area contributed by atoms with Crippen molar-refractivity contribution in [3.63, 3.8) is 0 Å². The molecule has 1 heterocycles. The van der Waals surface area contributed by atoms with Crippen LogP contribution in [0.4, 0.5) is 0 Å². The molecule has 0 aromatic heterocycles. The van der Waals surface area contributed by atoms with E-state index in [2.05, 4.69) is 0 Å². The van der Waals surface area contributed by atoms with Crippen molar-refractivity contribution in [2.24, 2.45) is 0 Å². The lowest BCUT2D eigenvalue weighted by Gasteiger charge is -2.14. The number of esters is 1. The number of aliphatic hydroxyl groups excluding tert-OH is 1. The van der Waals surface area contributed by atoms with Crippen LogP contribution in [0.15, 0.2) is 42.5 Å². The molecule has 1 aliphatic rings. The molecule has 1 aliphatic heterocycles. The molecule has 0 fully saturated rings. The van der Waals surface area contributed by atoms with Gasteiger partial charge in [0, 0.05) is 5.56 Å². The fourth-order valence-electron chi connectivity index (χ4n) is 2.39. The SMILES string of the molecule is Cc1cccc2c1C(=O)OCC(O)/C=C/c1cccc(O)c1O2. The summed E-state index contributed by atoms with van der Waals surface area (Å²) in [5, 5.41) is 20.0. The molecule has 0 saturated carbocycles. The van der Waals surface area contributed by atoms with Crippen molar-refractivity contribution in [3.05, 3.63) is 59.2 Å². The zero-order valence-electron chi connectivity index (χ0n) is 12.5. The molecule has 2 aromatic carbocycles. The minimum absolute atomic E-state index is 0.0540. The smallest absolute Gasteiger partial charge is 0.342 e. The van der Waals surface area contributed by atoms with Gasteiger partial charge in [-0.25, -0.2) is 4.79 Å². The summed E-state index contributed by atoms with van der Waals surface area (Å²) in [6.07, 6.45) is 2.16. The number of benzene rings is 2. The molecule has 1 atom stereocenters. The largest absolute Gasteiger partial charge is 0.504 e. The Balaban J connectivity index is 2.19. The van der Waals surface area contributed by atoms with Crippen LogP contribution < -0.4 is 4.74 Å². The molecule has 0 bridgehead atoms. The summed E-state index contributed by atoms with van der Waals surface area (Å²) in [6.45, 7) is 1.61. The standard InChI is InChI=1S/C18H16O5/c1-11-4-2-7-15-16(11)18(21)22-10-13(19)9-8-12-5-3-6-14(20)17(12)23-15/h2-9,13,19-20H,10H2,1H3/b9-8+. The zero-order chi connectivity index (χ0) is 16.4. The van der Waals surface area contributed by atoms with Gasteiger partial charge in [0.25, 0.3) is 0 Å². The van der Waals surface area contributed by atoms with Crippen molar-refractivity contribution in [2.45, 2.75) is 13.0 Å². The summed E-state index contributed by atoms with van der Waals surface area (Å²) < 4.78 is 10.9. The highest BCUT2D eigenvalue weighted by Gasteiger charge is 2.21. The number of phenolic OH excluding ortho intramolecular Hbond substituents is 1. The van der Waals surface area contributed by atoms with E-state index in [4.69, 9.17) is 9.47 Å². The molecule has 5 nitrogen and oxygen atoms in total. The zero-order valence-corrected chi connectivity index (χ0v) is 12.5. The fraction of sp³-hybridized carbons (Fsp3) is 0.167. The van der Waals surface area contributed by atoms with E-state index in [1.165, 1.54) is 12.1 Å². The van der Waals surface area contributed by atoms with E-state index in [9.17, 15) is 15.0 Å². The number of carbonyl (C=O) groups excluding carboxylic acids is 1. The van der Waals surface area contributed by atoms with Crippen LogP contribution in [0, 0.1) is 6.92 Å². The molecular formula is C18H16O5. The molecule has 118 valence electrons. The molecule has 1 unspecified atom stereocenters. The maximum absolute atomic E-state index is 12.3. The van der Waals surface area contributed by atoms with Crippen LogP contribution in [-0.2, 0) is 4.74 Å². The summed E-state index contributed by atoms with van der Waals surface area (Å²) in [5.41, 5.74) is 1.55. The van der Waals surface area contributed by atoms with Gasteiger partial charge in [-0.1, -0.05) is 36.4 Å². The Morgan fingerprint density at radius 1 is 1.17 bits per heavy atom. The van der Waals surface area contributed by atoms with E-state index in [0.29, 0.717) is 16.9 Å². The van der Waals surface area contributed by atoms with Crippen LogP contribution in [0.3, 0.4) is 0 Å². The number of fused-ring (bicyclic) bond motifs is 2.